The lowest BCUT2D eigenvalue weighted by Gasteiger charge is -2.41. The molecule has 116 valence electrons. The highest BCUT2D eigenvalue weighted by Gasteiger charge is 2.55. The summed E-state index contributed by atoms with van der Waals surface area (Å²) in [5, 5.41) is 0.0589. The molecule has 0 heterocycles. The molecule has 0 radical (unpaired) electrons. The van der Waals surface area contributed by atoms with Crippen LogP contribution in [0.5, 0.6) is 0 Å². The first-order valence-corrected chi connectivity index (χ1v) is 14.2. The van der Waals surface area contributed by atoms with Gasteiger partial charge in [0.1, 0.15) is 10.8 Å². The number of carbonyl (C=O) groups is 2. The van der Waals surface area contributed by atoms with Crippen LogP contribution in [0.15, 0.2) is 11.8 Å². The Labute approximate surface area is 125 Å². The molecule has 5 heteroatoms. The Morgan fingerprint density at radius 2 is 1.55 bits per heavy atom. The van der Waals surface area contributed by atoms with Crippen molar-refractivity contribution in [3.63, 3.8) is 0 Å². The largest absolute Gasteiger partial charge is 0.465 e. The van der Waals surface area contributed by atoms with E-state index in [1.54, 1.807) is 6.92 Å². The Morgan fingerprint density at radius 1 is 1.10 bits per heavy atom. The summed E-state index contributed by atoms with van der Waals surface area (Å²) in [4.78, 5) is 25.0. The number of ether oxygens (including phenoxy) is 1. The minimum absolute atomic E-state index is 0.0745. The van der Waals surface area contributed by atoms with Crippen LogP contribution in [-0.2, 0) is 14.3 Å². The average Bonchev–Trinajstić information content (AvgIpc) is 2.21. The van der Waals surface area contributed by atoms with Gasteiger partial charge >= 0.3 is 5.97 Å². The van der Waals surface area contributed by atoms with Crippen LogP contribution in [0, 0.1) is 0 Å². The van der Waals surface area contributed by atoms with Gasteiger partial charge in [0, 0.05) is 0 Å². The minimum atomic E-state index is -2.10. The zero-order valence-corrected chi connectivity index (χ0v) is 16.3. The van der Waals surface area contributed by atoms with Gasteiger partial charge in [0.2, 0.25) is 0 Å². The van der Waals surface area contributed by atoms with E-state index in [1.807, 2.05) is 0 Å². The number of hydrogen-bond acceptors (Lipinski definition) is 3. The third-order valence-corrected chi connectivity index (χ3v) is 9.64. The Balaban J connectivity index is 5.86. The molecule has 0 bridgehead atoms. The molecule has 0 aromatic heterocycles. The van der Waals surface area contributed by atoms with E-state index in [-0.39, 0.29) is 11.8 Å². The Hall–Kier alpha value is -0.686. The lowest BCUT2D eigenvalue weighted by atomic mass is 9.99. The third-order valence-electron chi connectivity index (χ3n) is 4.04. The molecule has 0 saturated carbocycles. The molecule has 0 rings (SSSR count). The van der Waals surface area contributed by atoms with E-state index in [0.717, 1.165) is 5.20 Å². The van der Waals surface area contributed by atoms with Gasteiger partial charge in [-0.05, 0) is 20.3 Å². The second-order valence-corrected chi connectivity index (χ2v) is 18.0. The summed E-state index contributed by atoms with van der Waals surface area (Å²) in [6.07, 6.45) is 0.451. The average molecular weight is 315 g/mol. The van der Waals surface area contributed by atoms with Crippen LogP contribution in [-0.4, -0.2) is 34.5 Å². The summed E-state index contributed by atoms with van der Waals surface area (Å²) < 4.78 is 5.26. The molecule has 0 spiro atoms. The van der Waals surface area contributed by atoms with Crippen LogP contribution in [0.4, 0.5) is 0 Å². The van der Waals surface area contributed by atoms with Crippen molar-refractivity contribution in [3.05, 3.63) is 11.8 Å². The first-order chi connectivity index (χ1) is 8.80. The van der Waals surface area contributed by atoms with Crippen LogP contribution < -0.4 is 0 Å². The van der Waals surface area contributed by atoms with E-state index < -0.39 is 21.2 Å². The van der Waals surface area contributed by atoms with Crippen molar-refractivity contribution >= 4 is 27.9 Å². The highest BCUT2D eigenvalue weighted by molar-refractivity contribution is 6.87. The standard InChI is InChI=1S/C15H30O3Si2/c1-10-18-14(17)15(13(3)16,20(7,8)9)11-12(2)19(4,5)6/h2,10-11H2,1,3-9H3. The van der Waals surface area contributed by atoms with Crippen LogP contribution in [0.25, 0.3) is 0 Å². The molecule has 0 saturated heterocycles. The van der Waals surface area contributed by atoms with Gasteiger partial charge in [-0.2, -0.15) is 0 Å². The fraction of sp³-hybridized carbons (Fsp3) is 0.733. The number of allylic oxidation sites excluding steroid dienone is 1. The van der Waals surface area contributed by atoms with Crippen molar-refractivity contribution < 1.29 is 14.3 Å². The van der Waals surface area contributed by atoms with Crippen molar-refractivity contribution in [2.45, 2.75) is 64.6 Å². The number of hydrogen-bond donors (Lipinski definition) is 0. The van der Waals surface area contributed by atoms with Gasteiger partial charge in [-0.15, -0.1) is 6.58 Å². The molecular formula is C15H30O3Si2. The van der Waals surface area contributed by atoms with Crippen LogP contribution >= 0.6 is 0 Å². The Kier molecular flexibility index (Phi) is 6.17. The van der Waals surface area contributed by atoms with E-state index >= 15 is 0 Å². The maximum Gasteiger partial charge on any atom is 0.316 e. The number of ketones is 1. The monoisotopic (exact) mass is 314 g/mol. The van der Waals surface area contributed by atoms with E-state index in [1.165, 1.54) is 6.92 Å². The smallest absolute Gasteiger partial charge is 0.316 e. The second kappa shape index (κ2) is 6.39. The number of rotatable bonds is 7. The zero-order valence-electron chi connectivity index (χ0n) is 14.3. The molecule has 0 N–H and O–H groups in total. The van der Waals surface area contributed by atoms with Crippen LogP contribution in [0.1, 0.15) is 20.3 Å². The summed E-state index contributed by atoms with van der Waals surface area (Å²) >= 11 is 0. The first kappa shape index (κ1) is 19.3. The van der Waals surface area contributed by atoms with E-state index in [4.69, 9.17) is 4.74 Å². The van der Waals surface area contributed by atoms with Crippen molar-refractivity contribution in [1.82, 2.24) is 0 Å². The Bertz CT molecular complexity index is 402. The van der Waals surface area contributed by atoms with E-state index in [0.29, 0.717) is 13.0 Å². The highest BCUT2D eigenvalue weighted by atomic mass is 28.3. The molecule has 0 aromatic carbocycles. The summed E-state index contributed by atoms with van der Waals surface area (Å²) in [6.45, 7) is 20.5. The van der Waals surface area contributed by atoms with Crippen molar-refractivity contribution in [1.29, 1.82) is 0 Å². The normalized spacial score (nSPS) is 15.4. The SMILES string of the molecule is C=C(CC(C(C)=O)(C(=O)OCC)[Si](C)(C)C)[Si](C)(C)C. The summed E-state index contributed by atoms with van der Waals surface area (Å²) in [6, 6.07) is 0. The minimum Gasteiger partial charge on any atom is -0.465 e. The van der Waals surface area contributed by atoms with Crippen molar-refractivity contribution in [2.75, 3.05) is 6.61 Å². The quantitative estimate of drug-likeness (QED) is 0.404. The maximum atomic E-state index is 12.6. The number of carbonyl (C=O) groups excluding carboxylic acids is 2. The van der Waals surface area contributed by atoms with Crippen LogP contribution in [0.3, 0.4) is 0 Å². The molecule has 0 fully saturated rings. The Morgan fingerprint density at radius 3 is 1.80 bits per heavy atom. The van der Waals surface area contributed by atoms with Crippen molar-refractivity contribution in [3.8, 4) is 0 Å². The molecular weight excluding hydrogens is 284 g/mol. The second-order valence-electron chi connectivity index (χ2n) is 7.46. The van der Waals surface area contributed by atoms with Gasteiger partial charge < -0.3 is 4.74 Å². The van der Waals surface area contributed by atoms with Gasteiger partial charge in [0.15, 0.2) is 0 Å². The topological polar surface area (TPSA) is 43.4 Å². The van der Waals surface area contributed by atoms with Gasteiger partial charge in [-0.3, -0.25) is 9.59 Å². The number of Topliss-reactive ketones (excluding diaryl/α,β-unsaturated/α-hetero) is 1. The fourth-order valence-corrected chi connectivity index (χ4v) is 5.74. The molecule has 1 unspecified atom stereocenters. The molecule has 0 aliphatic rings. The van der Waals surface area contributed by atoms with Gasteiger partial charge in [-0.1, -0.05) is 44.5 Å². The van der Waals surface area contributed by atoms with E-state index in [2.05, 4.69) is 45.9 Å². The summed E-state index contributed by atoms with van der Waals surface area (Å²) in [5.41, 5.74) is 0. The van der Waals surface area contributed by atoms with E-state index in [9.17, 15) is 9.59 Å². The molecule has 0 aliphatic heterocycles. The molecule has 0 aromatic rings. The van der Waals surface area contributed by atoms with Gasteiger partial charge in [0.25, 0.3) is 0 Å². The predicted octanol–water partition coefficient (Wildman–Crippen LogP) is 4.04. The van der Waals surface area contributed by atoms with Crippen LogP contribution in [0.2, 0.25) is 44.3 Å². The molecule has 3 nitrogen and oxygen atoms in total. The van der Waals surface area contributed by atoms with Gasteiger partial charge in [-0.25, -0.2) is 0 Å². The molecule has 1 atom stereocenters. The lowest BCUT2D eigenvalue weighted by molar-refractivity contribution is -0.150. The molecule has 0 aliphatic carbocycles. The number of esters is 1. The van der Waals surface area contributed by atoms with Gasteiger partial charge in [0.05, 0.1) is 22.8 Å². The van der Waals surface area contributed by atoms with Crippen molar-refractivity contribution in [2.24, 2.45) is 0 Å². The lowest BCUT2D eigenvalue weighted by Crippen LogP contribution is -2.52. The third kappa shape index (κ3) is 3.91. The first-order valence-electron chi connectivity index (χ1n) is 7.17. The molecule has 0 amide bonds. The maximum absolute atomic E-state index is 12.6. The molecule has 20 heavy (non-hydrogen) atoms. The highest BCUT2D eigenvalue weighted by Crippen LogP contribution is 2.47. The summed E-state index contributed by atoms with van der Waals surface area (Å²) in [7, 11) is -3.70. The summed E-state index contributed by atoms with van der Waals surface area (Å²) in [5.74, 6) is -0.430. The predicted molar refractivity (Wildman–Crippen MR) is 90.5 cm³/mol. The zero-order chi connectivity index (χ0) is 16.4. The fourth-order valence-electron chi connectivity index (χ4n) is 2.28.